The second-order valence-corrected chi connectivity index (χ2v) is 5.93. The van der Waals surface area contributed by atoms with E-state index >= 15 is 0 Å². The Morgan fingerprint density at radius 2 is 2.09 bits per heavy atom. The van der Waals surface area contributed by atoms with Crippen LogP contribution in [0.15, 0.2) is 18.2 Å². The smallest absolute Gasteiger partial charge is 0.262 e. The van der Waals surface area contributed by atoms with Crippen LogP contribution in [-0.2, 0) is 4.79 Å². The lowest BCUT2D eigenvalue weighted by atomic mass is 9.92. The first-order valence-corrected chi connectivity index (χ1v) is 7.67. The van der Waals surface area contributed by atoms with E-state index in [1.165, 1.54) is 0 Å². The van der Waals surface area contributed by atoms with Gasteiger partial charge in [-0.1, -0.05) is 11.6 Å². The minimum atomic E-state index is -1.48. The van der Waals surface area contributed by atoms with Crippen LogP contribution in [0.4, 0.5) is 0 Å². The summed E-state index contributed by atoms with van der Waals surface area (Å²) in [5.74, 6) is 5.48. The van der Waals surface area contributed by atoms with Crippen LogP contribution in [0.2, 0.25) is 5.02 Å². The summed E-state index contributed by atoms with van der Waals surface area (Å²) in [6, 6.07) is 6.83. The van der Waals surface area contributed by atoms with Crippen LogP contribution in [0.1, 0.15) is 31.2 Å². The Morgan fingerprint density at radius 3 is 2.61 bits per heavy atom. The second-order valence-electron chi connectivity index (χ2n) is 5.53. The largest absolute Gasteiger partial charge is 0.490 e. The van der Waals surface area contributed by atoms with Crippen molar-refractivity contribution in [3.8, 4) is 11.8 Å². The molecule has 23 heavy (non-hydrogen) atoms. The number of primary amides is 1. The van der Waals surface area contributed by atoms with E-state index in [0.29, 0.717) is 29.2 Å². The number of nitriles is 1. The van der Waals surface area contributed by atoms with Gasteiger partial charge in [-0.15, -0.1) is 0 Å². The Morgan fingerprint density at radius 1 is 1.43 bits per heavy atom. The van der Waals surface area contributed by atoms with E-state index in [-0.39, 0.29) is 12.1 Å². The molecule has 1 unspecified atom stereocenters. The predicted molar refractivity (Wildman–Crippen MR) is 84.1 cm³/mol. The highest BCUT2D eigenvalue weighted by Crippen LogP contribution is 2.28. The molecular formula is C15H19ClN4O3. The zero-order valence-corrected chi connectivity index (χ0v) is 13.2. The number of hydrazine groups is 1. The zero-order chi connectivity index (χ0) is 17.0. The molecule has 1 amide bonds. The molecule has 2 rings (SSSR count). The number of nitrogens with zero attached hydrogens (tertiary/aromatic N) is 2. The molecular weight excluding hydrogens is 320 g/mol. The number of rotatable bonds is 5. The van der Waals surface area contributed by atoms with Gasteiger partial charge in [0, 0.05) is 12.1 Å². The van der Waals surface area contributed by atoms with Crippen LogP contribution in [0.3, 0.4) is 0 Å². The first-order chi connectivity index (χ1) is 10.9. The molecule has 124 valence electrons. The lowest BCUT2D eigenvalue weighted by Crippen LogP contribution is -2.55. The van der Waals surface area contributed by atoms with Crippen molar-refractivity contribution in [2.75, 3.05) is 0 Å². The van der Waals surface area contributed by atoms with Crippen molar-refractivity contribution in [1.29, 1.82) is 5.26 Å². The van der Waals surface area contributed by atoms with Gasteiger partial charge in [0.05, 0.1) is 16.7 Å². The SMILES string of the molecule is N#Cc1ccc(OC2CCC(N(N)C(O)C(N)=O)CC2)cc1Cl. The summed E-state index contributed by atoms with van der Waals surface area (Å²) in [6.07, 6.45) is 1.32. The molecule has 1 aromatic carbocycles. The van der Waals surface area contributed by atoms with Crippen molar-refractivity contribution >= 4 is 17.5 Å². The fourth-order valence-corrected chi connectivity index (χ4v) is 2.87. The Balaban J connectivity index is 1.89. The van der Waals surface area contributed by atoms with Gasteiger partial charge in [-0.25, -0.2) is 5.01 Å². The number of amides is 1. The highest BCUT2D eigenvalue weighted by molar-refractivity contribution is 6.31. The van der Waals surface area contributed by atoms with E-state index < -0.39 is 12.1 Å². The first-order valence-electron chi connectivity index (χ1n) is 7.29. The molecule has 0 saturated heterocycles. The highest BCUT2D eigenvalue weighted by atomic mass is 35.5. The number of hydrogen-bond acceptors (Lipinski definition) is 6. The van der Waals surface area contributed by atoms with Crippen LogP contribution in [0.5, 0.6) is 5.75 Å². The van der Waals surface area contributed by atoms with E-state index in [0.717, 1.165) is 17.9 Å². The van der Waals surface area contributed by atoms with Crippen molar-refractivity contribution < 1.29 is 14.6 Å². The van der Waals surface area contributed by atoms with Crippen LogP contribution in [0, 0.1) is 11.3 Å². The summed E-state index contributed by atoms with van der Waals surface area (Å²) in [5.41, 5.74) is 5.44. The average Bonchev–Trinajstić information content (AvgIpc) is 2.54. The molecule has 0 radical (unpaired) electrons. The van der Waals surface area contributed by atoms with Crippen molar-refractivity contribution in [3.63, 3.8) is 0 Å². The normalized spacial score (nSPS) is 22.4. The van der Waals surface area contributed by atoms with Gasteiger partial charge >= 0.3 is 0 Å². The monoisotopic (exact) mass is 338 g/mol. The summed E-state index contributed by atoms with van der Waals surface area (Å²) in [7, 11) is 0. The van der Waals surface area contributed by atoms with Crippen LogP contribution in [0.25, 0.3) is 0 Å². The Hall–Kier alpha value is -1.85. The Bertz CT molecular complexity index is 611. The number of ether oxygens (including phenoxy) is 1. The van der Waals surface area contributed by atoms with Gasteiger partial charge in [0.25, 0.3) is 5.91 Å². The molecule has 1 aliphatic carbocycles. The standard InChI is InChI=1S/C15H19ClN4O3/c16-13-7-12(4-1-9(13)8-17)23-11-5-2-10(3-6-11)20(19)15(22)14(18)21/h1,4,7,10-11,15,22H,2-3,5-6,19H2,(H2,18,21). The van der Waals surface area contributed by atoms with E-state index in [9.17, 15) is 9.90 Å². The lowest BCUT2D eigenvalue weighted by Gasteiger charge is -2.35. The Kier molecular flexibility index (Phi) is 5.80. The molecule has 1 aromatic rings. The fraction of sp³-hybridized carbons (Fsp3) is 0.467. The number of carbonyl (C=O) groups excluding carboxylic acids is 1. The molecule has 1 aliphatic rings. The summed E-state index contributed by atoms with van der Waals surface area (Å²) >= 11 is 5.98. The lowest BCUT2D eigenvalue weighted by molar-refractivity contribution is -0.140. The third kappa shape index (κ3) is 4.33. The van der Waals surface area contributed by atoms with Gasteiger partial charge in [0.2, 0.25) is 0 Å². The molecule has 0 spiro atoms. The van der Waals surface area contributed by atoms with E-state index in [2.05, 4.69) is 0 Å². The maximum atomic E-state index is 11.0. The molecule has 0 bridgehead atoms. The number of nitrogens with two attached hydrogens (primary N) is 2. The molecule has 5 N–H and O–H groups in total. The summed E-state index contributed by atoms with van der Waals surface area (Å²) in [4.78, 5) is 11.0. The van der Waals surface area contributed by atoms with Crippen molar-refractivity contribution in [3.05, 3.63) is 28.8 Å². The number of aliphatic hydroxyl groups is 1. The number of halogens is 1. The average molecular weight is 339 g/mol. The summed E-state index contributed by atoms with van der Waals surface area (Å²) in [5, 5.41) is 19.9. The van der Waals surface area contributed by atoms with Crippen molar-refractivity contribution in [1.82, 2.24) is 5.01 Å². The molecule has 1 saturated carbocycles. The quantitative estimate of drug-likeness (QED) is 0.415. The molecule has 8 heteroatoms. The maximum Gasteiger partial charge on any atom is 0.262 e. The first kappa shape index (κ1) is 17.5. The van der Waals surface area contributed by atoms with Gasteiger partial charge in [-0.2, -0.15) is 5.26 Å². The maximum absolute atomic E-state index is 11.0. The van der Waals surface area contributed by atoms with Gasteiger partial charge in [-0.05, 0) is 37.8 Å². The third-order valence-electron chi connectivity index (χ3n) is 3.97. The van der Waals surface area contributed by atoms with Gasteiger partial charge in [0.1, 0.15) is 11.8 Å². The van der Waals surface area contributed by atoms with Crippen LogP contribution in [-0.4, -0.2) is 34.4 Å². The predicted octanol–water partition coefficient (Wildman–Crippen LogP) is 0.881. The van der Waals surface area contributed by atoms with Crippen molar-refractivity contribution in [2.24, 2.45) is 11.6 Å². The van der Waals surface area contributed by atoms with Gasteiger partial charge in [0.15, 0.2) is 6.23 Å². The molecule has 1 atom stereocenters. The summed E-state index contributed by atoms with van der Waals surface area (Å²) in [6.45, 7) is 0. The number of benzene rings is 1. The second kappa shape index (κ2) is 7.62. The fourth-order valence-electron chi connectivity index (χ4n) is 2.66. The molecule has 0 heterocycles. The number of carbonyl (C=O) groups is 1. The molecule has 0 aromatic heterocycles. The van der Waals surface area contributed by atoms with Crippen LogP contribution >= 0.6 is 11.6 Å². The summed E-state index contributed by atoms with van der Waals surface area (Å²) < 4.78 is 5.86. The third-order valence-corrected chi connectivity index (χ3v) is 4.28. The minimum Gasteiger partial charge on any atom is -0.490 e. The minimum absolute atomic E-state index is 0.00521. The van der Waals surface area contributed by atoms with E-state index in [4.69, 9.17) is 33.2 Å². The topological polar surface area (TPSA) is 126 Å². The Labute approximate surface area is 139 Å². The van der Waals surface area contributed by atoms with Gasteiger partial charge in [-0.3, -0.25) is 10.6 Å². The van der Waals surface area contributed by atoms with E-state index in [1.54, 1.807) is 18.2 Å². The number of hydrogen-bond donors (Lipinski definition) is 3. The van der Waals surface area contributed by atoms with Gasteiger partial charge < -0.3 is 15.6 Å². The molecule has 1 fully saturated rings. The highest BCUT2D eigenvalue weighted by Gasteiger charge is 2.30. The van der Waals surface area contributed by atoms with Crippen molar-refractivity contribution in [2.45, 2.75) is 44.1 Å². The number of aliphatic hydroxyl groups excluding tert-OH is 1. The zero-order valence-electron chi connectivity index (χ0n) is 12.5. The molecule has 0 aliphatic heterocycles. The van der Waals surface area contributed by atoms with Crippen LogP contribution < -0.4 is 16.3 Å². The molecule has 7 nitrogen and oxygen atoms in total. The van der Waals surface area contributed by atoms with E-state index in [1.807, 2.05) is 6.07 Å².